The predicted octanol–water partition coefficient (Wildman–Crippen LogP) is 2.25. The molecule has 2 heterocycles. The van der Waals surface area contributed by atoms with E-state index in [2.05, 4.69) is 9.71 Å². The zero-order valence-electron chi connectivity index (χ0n) is 11.0. The highest BCUT2D eigenvalue weighted by molar-refractivity contribution is 7.89. The number of rotatable bonds is 5. The van der Waals surface area contributed by atoms with Gasteiger partial charge in [-0.3, -0.25) is 0 Å². The van der Waals surface area contributed by atoms with Gasteiger partial charge in [0.2, 0.25) is 10.0 Å². The second kappa shape index (κ2) is 5.92. The minimum atomic E-state index is -3.65. The molecule has 0 amide bonds. The zero-order valence-corrected chi connectivity index (χ0v) is 13.4. The van der Waals surface area contributed by atoms with Gasteiger partial charge in [0, 0.05) is 35.4 Å². The molecule has 0 aliphatic carbocycles. The third-order valence-electron chi connectivity index (χ3n) is 3.16. The summed E-state index contributed by atoms with van der Waals surface area (Å²) in [6.07, 6.45) is 1.23. The second-order valence-corrected chi connectivity index (χ2v) is 7.51. The van der Waals surface area contributed by atoms with Gasteiger partial charge in [-0.25, -0.2) is 18.1 Å². The Balaban J connectivity index is 1.79. The van der Waals surface area contributed by atoms with E-state index in [1.165, 1.54) is 17.4 Å². The summed E-state index contributed by atoms with van der Waals surface area (Å²) in [4.78, 5) is 4.23. The highest BCUT2D eigenvalue weighted by atomic mass is 35.5. The quantitative estimate of drug-likeness (QED) is 0.903. The number of hydrogen-bond acceptors (Lipinski definition) is 5. The van der Waals surface area contributed by atoms with E-state index in [0.717, 1.165) is 11.3 Å². The third kappa shape index (κ3) is 3.21. The van der Waals surface area contributed by atoms with Crippen molar-refractivity contribution in [3.05, 3.63) is 39.3 Å². The van der Waals surface area contributed by atoms with E-state index >= 15 is 0 Å². The van der Waals surface area contributed by atoms with Crippen molar-refractivity contribution < 1.29 is 13.2 Å². The van der Waals surface area contributed by atoms with Gasteiger partial charge in [0.05, 0.1) is 17.8 Å². The van der Waals surface area contributed by atoms with E-state index in [-0.39, 0.29) is 11.4 Å². The molecular weight excluding hydrogens is 332 g/mol. The monoisotopic (exact) mass is 344 g/mol. The third-order valence-corrected chi connectivity index (χ3v) is 5.48. The summed E-state index contributed by atoms with van der Waals surface area (Å²) in [7, 11) is -3.65. The van der Waals surface area contributed by atoms with Crippen molar-refractivity contribution in [2.24, 2.45) is 0 Å². The lowest BCUT2D eigenvalue weighted by Gasteiger charge is -2.10. The van der Waals surface area contributed by atoms with Gasteiger partial charge in [-0.15, -0.1) is 11.3 Å². The molecule has 1 aliphatic heterocycles. The average molecular weight is 345 g/mol. The van der Waals surface area contributed by atoms with Crippen LogP contribution in [-0.2, 0) is 22.9 Å². The fraction of sp³-hybridized carbons (Fsp3) is 0.308. The van der Waals surface area contributed by atoms with Gasteiger partial charge < -0.3 is 4.74 Å². The molecule has 0 bridgehead atoms. The van der Waals surface area contributed by atoms with Crippen LogP contribution in [0.1, 0.15) is 11.3 Å². The van der Waals surface area contributed by atoms with Gasteiger partial charge >= 0.3 is 0 Å². The minimum absolute atomic E-state index is 0.112. The van der Waals surface area contributed by atoms with Gasteiger partial charge in [0.1, 0.15) is 10.6 Å². The largest absolute Gasteiger partial charge is 0.492 e. The SMILES string of the molecule is O=S(=O)(NCCc1cscn1)c1cc(Cl)cc2c1OCC2. The van der Waals surface area contributed by atoms with Gasteiger partial charge in [0.15, 0.2) is 0 Å². The molecule has 0 fully saturated rings. The van der Waals surface area contributed by atoms with Crippen LogP contribution in [0.2, 0.25) is 5.02 Å². The summed E-state index contributed by atoms with van der Waals surface area (Å²) >= 11 is 7.48. The van der Waals surface area contributed by atoms with Crippen molar-refractivity contribution in [2.75, 3.05) is 13.2 Å². The van der Waals surface area contributed by atoms with Crippen molar-refractivity contribution >= 4 is 33.0 Å². The van der Waals surface area contributed by atoms with Gasteiger partial charge in [-0.05, 0) is 12.1 Å². The molecule has 1 aromatic carbocycles. The number of halogens is 1. The summed E-state index contributed by atoms with van der Waals surface area (Å²) in [6, 6.07) is 3.18. The molecule has 2 aromatic rings. The van der Waals surface area contributed by atoms with Crippen LogP contribution in [0.15, 0.2) is 27.9 Å². The first-order valence-electron chi connectivity index (χ1n) is 6.38. The number of thiazole rings is 1. The van der Waals surface area contributed by atoms with E-state index in [1.54, 1.807) is 11.6 Å². The summed E-state index contributed by atoms with van der Waals surface area (Å²) in [5, 5.41) is 2.30. The first kappa shape index (κ1) is 14.8. The maximum absolute atomic E-state index is 12.4. The first-order chi connectivity index (χ1) is 10.1. The number of nitrogens with zero attached hydrogens (tertiary/aromatic N) is 1. The molecule has 0 spiro atoms. The van der Waals surface area contributed by atoms with Gasteiger partial charge in [-0.2, -0.15) is 0 Å². The lowest BCUT2D eigenvalue weighted by Crippen LogP contribution is -2.26. The van der Waals surface area contributed by atoms with Crippen LogP contribution in [0.25, 0.3) is 0 Å². The molecule has 0 radical (unpaired) electrons. The van der Waals surface area contributed by atoms with E-state index in [1.807, 2.05) is 5.38 Å². The number of benzene rings is 1. The Morgan fingerprint density at radius 3 is 3.05 bits per heavy atom. The molecule has 1 N–H and O–H groups in total. The van der Waals surface area contributed by atoms with Gasteiger partial charge in [0.25, 0.3) is 0 Å². The maximum Gasteiger partial charge on any atom is 0.244 e. The molecule has 21 heavy (non-hydrogen) atoms. The summed E-state index contributed by atoms with van der Waals surface area (Å²) in [5.74, 6) is 0.417. The van der Waals surface area contributed by atoms with Crippen molar-refractivity contribution in [2.45, 2.75) is 17.7 Å². The van der Waals surface area contributed by atoms with Crippen LogP contribution in [0.4, 0.5) is 0 Å². The normalized spacial score (nSPS) is 14.0. The Hall–Kier alpha value is -1.15. The molecule has 112 valence electrons. The van der Waals surface area contributed by atoms with Crippen LogP contribution < -0.4 is 9.46 Å². The topological polar surface area (TPSA) is 68.3 Å². The number of fused-ring (bicyclic) bond motifs is 1. The van der Waals surface area contributed by atoms with Crippen molar-refractivity contribution in [1.82, 2.24) is 9.71 Å². The Morgan fingerprint density at radius 2 is 2.29 bits per heavy atom. The molecule has 0 saturated heterocycles. The second-order valence-electron chi connectivity index (χ2n) is 4.62. The zero-order chi connectivity index (χ0) is 14.9. The number of aromatic nitrogens is 1. The van der Waals surface area contributed by atoms with Crippen molar-refractivity contribution in [3.8, 4) is 5.75 Å². The van der Waals surface area contributed by atoms with E-state index in [9.17, 15) is 8.42 Å². The Labute approximate surface area is 132 Å². The molecule has 1 aliphatic rings. The summed E-state index contributed by atoms with van der Waals surface area (Å²) in [6.45, 7) is 0.768. The van der Waals surface area contributed by atoms with Crippen molar-refractivity contribution in [3.63, 3.8) is 0 Å². The first-order valence-corrected chi connectivity index (χ1v) is 9.18. The average Bonchev–Trinajstić information content (AvgIpc) is 3.08. The highest BCUT2D eigenvalue weighted by Crippen LogP contribution is 2.35. The molecule has 1 aromatic heterocycles. The fourth-order valence-corrected chi connectivity index (χ4v) is 4.33. The number of ether oxygens (including phenoxy) is 1. The van der Waals surface area contributed by atoms with Crippen LogP contribution in [-0.4, -0.2) is 26.6 Å². The molecule has 8 heteroatoms. The van der Waals surface area contributed by atoms with E-state index < -0.39 is 10.0 Å². The maximum atomic E-state index is 12.4. The Bertz CT molecular complexity index is 745. The van der Waals surface area contributed by atoms with Crippen LogP contribution in [0.3, 0.4) is 0 Å². The predicted molar refractivity (Wildman–Crippen MR) is 81.7 cm³/mol. The summed E-state index contributed by atoms with van der Waals surface area (Å²) < 4.78 is 32.8. The van der Waals surface area contributed by atoms with E-state index in [4.69, 9.17) is 16.3 Å². The summed E-state index contributed by atoms with van der Waals surface area (Å²) in [5.41, 5.74) is 3.43. The van der Waals surface area contributed by atoms with Crippen LogP contribution >= 0.6 is 22.9 Å². The molecule has 3 rings (SSSR count). The lowest BCUT2D eigenvalue weighted by molar-refractivity contribution is 0.348. The molecule has 0 atom stereocenters. The number of hydrogen-bond donors (Lipinski definition) is 1. The molecule has 0 saturated carbocycles. The molecule has 5 nitrogen and oxygen atoms in total. The van der Waals surface area contributed by atoms with E-state index in [0.29, 0.717) is 30.2 Å². The Kier molecular flexibility index (Phi) is 4.17. The van der Waals surface area contributed by atoms with Crippen LogP contribution in [0, 0.1) is 0 Å². The standard InChI is InChI=1S/C13H13ClN2O3S2/c14-10-5-9-2-4-19-13(9)12(6-10)21(17,18)16-3-1-11-7-20-8-15-11/h5-8,16H,1-4H2. The highest BCUT2D eigenvalue weighted by Gasteiger charge is 2.26. The molecule has 0 unspecified atom stereocenters. The molecular formula is C13H13ClN2O3S2. The van der Waals surface area contributed by atoms with Gasteiger partial charge in [-0.1, -0.05) is 11.6 Å². The fourth-order valence-electron chi connectivity index (χ4n) is 2.19. The number of sulfonamides is 1. The minimum Gasteiger partial charge on any atom is -0.492 e. The number of nitrogens with one attached hydrogen (secondary N) is 1. The Morgan fingerprint density at radius 1 is 1.43 bits per heavy atom. The lowest BCUT2D eigenvalue weighted by atomic mass is 10.2. The van der Waals surface area contributed by atoms with Crippen LogP contribution in [0.5, 0.6) is 5.75 Å². The van der Waals surface area contributed by atoms with Crippen molar-refractivity contribution in [1.29, 1.82) is 0 Å². The smallest absolute Gasteiger partial charge is 0.244 e.